The Bertz CT molecular complexity index is 6.00. The third kappa shape index (κ3) is 497. The van der Waals surface area contributed by atoms with E-state index in [2.05, 4.69) is 0 Å². The molecule has 0 unspecified atom stereocenters. The molecule has 0 aromatic rings. The van der Waals surface area contributed by atoms with E-state index in [-0.39, 0.29) is 34.9 Å². The van der Waals surface area contributed by atoms with Crippen LogP contribution in [-0.2, 0) is 0 Å². The van der Waals surface area contributed by atoms with Crippen molar-refractivity contribution in [1.29, 1.82) is 0 Å². The summed E-state index contributed by atoms with van der Waals surface area (Å²) in [4.78, 5) is 0. The molecule has 0 heterocycles. The second-order valence-corrected chi connectivity index (χ2v) is 0. The highest BCUT2D eigenvalue weighted by Crippen LogP contribution is -0.287. The van der Waals surface area contributed by atoms with E-state index in [4.69, 9.17) is 0 Å². The molecular weight excluding hydrogens is 90.0 g/mol. The van der Waals surface area contributed by atoms with Crippen molar-refractivity contribution in [2.24, 2.45) is 0 Å². The molecule has 0 aliphatic heterocycles. The molecule has 0 atom stereocenters. The lowest BCUT2D eigenvalue weighted by molar-refractivity contribution is 0.823. The summed E-state index contributed by atoms with van der Waals surface area (Å²) in [6.45, 7) is 0. The molecule has 6 heavy (non-hydrogen) atoms. The van der Waals surface area contributed by atoms with Crippen LogP contribution < -0.4 is 18.5 Å². The largest absolute Gasteiger partial charge is 0.412 e. The maximum absolute atomic E-state index is 0. The van der Waals surface area contributed by atoms with E-state index < -0.39 is 0 Å². The van der Waals surface area contributed by atoms with Crippen LogP contribution in [0.25, 0.3) is 0 Å². The Kier molecular flexibility index (Phi) is 441000. The monoisotopic (exact) mass is 105 g/mol. The zero-order valence-electron chi connectivity index (χ0n) is 3.62. The first-order valence-electron chi connectivity index (χ1n) is 0. The molecule has 0 radical (unpaired) electrons. The summed E-state index contributed by atoms with van der Waals surface area (Å²) >= 11 is 0. The van der Waals surface area contributed by atoms with Gasteiger partial charge in [0.25, 0.3) is 0 Å². The average Bonchev–Trinajstić information content (AvgIpc) is 0. The molecule has 48 valence electrons. The van der Waals surface area contributed by atoms with Crippen molar-refractivity contribution in [3.05, 3.63) is 0 Å². The summed E-state index contributed by atoms with van der Waals surface area (Å²) in [5.74, 6) is 0. The van der Waals surface area contributed by atoms with Crippen LogP contribution in [0.5, 0.6) is 0 Å². The van der Waals surface area contributed by atoms with Crippen molar-refractivity contribution in [2.75, 3.05) is 0 Å². The molecule has 0 saturated carbocycles. The summed E-state index contributed by atoms with van der Waals surface area (Å²) in [7, 11) is 0. The van der Waals surface area contributed by atoms with Gasteiger partial charge in [-0.2, -0.15) is 0 Å². The normalized spacial score (nSPS) is 0. The summed E-state index contributed by atoms with van der Waals surface area (Å²) in [6, 6.07) is 0. The van der Waals surface area contributed by atoms with Crippen molar-refractivity contribution in [3.63, 3.8) is 0 Å². The molecule has 0 aliphatic carbocycles. The van der Waals surface area contributed by atoms with Gasteiger partial charge < -0.3 is 34.9 Å². The van der Waals surface area contributed by atoms with Crippen LogP contribution in [0.2, 0.25) is 0 Å². The summed E-state index contributed by atoms with van der Waals surface area (Å²) in [5.41, 5.74) is 0. The van der Waals surface area contributed by atoms with Gasteiger partial charge in [-0.25, -0.2) is 0 Å². The summed E-state index contributed by atoms with van der Waals surface area (Å²) < 4.78 is 0. The molecule has 0 spiro atoms. The molecule has 0 aliphatic rings. The molecular formula is H15N3O3. The second-order valence-electron chi connectivity index (χ2n) is 0. The van der Waals surface area contributed by atoms with Gasteiger partial charge in [0, 0.05) is 0 Å². The van der Waals surface area contributed by atoms with Gasteiger partial charge in [-0.05, 0) is 0 Å². The zero-order chi connectivity index (χ0) is 0. The third-order valence-corrected chi connectivity index (χ3v) is 0. The highest BCUT2D eigenvalue weighted by atomic mass is 16.0. The van der Waals surface area contributed by atoms with E-state index in [9.17, 15) is 0 Å². The Balaban J connectivity index is 0. The maximum Gasteiger partial charge on any atom is -0.344 e. The molecule has 0 amide bonds. The van der Waals surface area contributed by atoms with Gasteiger partial charge in [0.2, 0.25) is 0 Å². The van der Waals surface area contributed by atoms with Gasteiger partial charge in [-0.3, -0.25) is 0 Å². The minimum absolute atomic E-state index is 0. The highest BCUT2D eigenvalue weighted by molar-refractivity contribution is 2.14. The molecule has 0 aromatic heterocycles. The first-order valence-corrected chi connectivity index (χ1v) is 0. The van der Waals surface area contributed by atoms with E-state index in [1.165, 1.54) is 0 Å². The Hall–Kier alpha value is -0.240. The summed E-state index contributed by atoms with van der Waals surface area (Å²) in [6.07, 6.45) is 0. The van der Waals surface area contributed by atoms with Gasteiger partial charge in [0.1, 0.15) is 0 Å². The van der Waals surface area contributed by atoms with Crippen LogP contribution in [0.4, 0.5) is 0 Å². The Morgan fingerprint density at radius 2 is 0.333 bits per heavy atom. The zero-order valence-corrected chi connectivity index (χ0v) is 3.62. The van der Waals surface area contributed by atoms with Gasteiger partial charge in [-0.15, -0.1) is 0 Å². The van der Waals surface area contributed by atoms with E-state index in [1.54, 1.807) is 0 Å². The Morgan fingerprint density at radius 3 is 0.333 bits per heavy atom. The first-order chi connectivity index (χ1) is 0. The molecule has 15 N–H and O–H groups in total. The third-order valence-electron chi connectivity index (χ3n) is 0. The fourth-order valence-corrected chi connectivity index (χ4v) is 0. The predicted molar refractivity (Wildman–Crippen MR) is 25.9 cm³/mol. The molecule has 0 saturated heterocycles. The van der Waals surface area contributed by atoms with Gasteiger partial charge in [0.15, 0.2) is 0 Å². The van der Waals surface area contributed by atoms with Gasteiger partial charge >= 0.3 is 0 Å². The number of hydrogen-bond acceptors (Lipinski definition) is 3. The Morgan fingerprint density at radius 1 is 0.333 bits per heavy atom. The average molecular weight is 105 g/mol. The lowest BCUT2D eigenvalue weighted by Crippen LogP contribution is -0.482. The minimum atomic E-state index is 0. The van der Waals surface area contributed by atoms with Crippen LogP contribution in [0.3, 0.4) is 0 Å². The molecule has 0 rings (SSSR count). The lowest BCUT2D eigenvalue weighted by Gasteiger charge is -0.413. The molecule has 0 bridgehead atoms. The molecule has 0 fully saturated rings. The van der Waals surface area contributed by atoms with Crippen LogP contribution in [0.15, 0.2) is 0 Å². The lowest BCUT2D eigenvalue weighted by atomic mass is 14.0. The van der Waals surface area contributed by atoms with Crippen LogP contribution in [0.1, 0.15) is 0 Å². The van der Waals surface area contributed by atoms with Crippen LogP contribution in [0, 0.1) is 0 Å². The fraction of sp³-hybridized carbons (Fsp3) is 0. The standard InChI is InChI=1S/3H3N.3H2O/h3*1H3;3*1H2. The first kappa shape index (κ1) is 2270. The van der Waals surface area contributed by atoms with Gasteiger partial charge in [0.05, 0.1) is 0 Å². The van der Waals surface area contributed by atoms with E-state index >= 15 is 0 Å². The van der Waals surface area contributed by atoms with E-state index in [1.807, 2.05) is 0 Å². The topological polar surface area (TPSA) is 200 Å². The molecule has 0 aromatic carbocycles. The molecule has 6 heteroatoms. The summed E-state index contributed by atoms with van der Waals surface area (Å²) in [5, 5.41) is 0. The second kappa shape index (κ2) is 1170. The van der Waals surface area contributed by atoms with Crippen LogP contribution >= 0.6 is 0 Å². The smallest absolute Gasteiger partial charge is 0.344 e. The van der Waals surface area contributed by atoms with E-state index in [0.717, 1.165) is 0 Å². The van der Waals surface area contributed by atoms with Gasteiger partial charge in [-0.1, -0.05) is 0 Å². The highest BCUT2D eigenvalue weighted by Gasteiger charge is -0.342. The SMILES string of the molecule is N.N.N.O.O.O. The Labute approximate surface area is 36.2 Å². The maximum atomic E-state index is 0. The number of hydrogen-bond donors (Lipinski definition) is 3. The van der Waals surface area contributed by atoms with Crippen molar-refractivity contribution in [1.82, 2.24) is 18.5 Å². The molecule has 6 nitrogen and oxygen atoms in total. The minimum Gasteiger partial charge on any atom is -0.412 e. The van der Waals surface area contributed by atoms with Crippen molar-refractivity contribution in [3.8, 4) is 0 Å². The predicted octanol–water partition coefficient (Wildman–Crippen LogP) is -1.99. The van der Waals surface area contributed by atoms with Crippen molar-refractivity contribution >= 4 is 0 Å². The number of rotatable bonds is 0. The van der Waals surface area contributed by atoms with Crippen molar-refractivity contribution < 1.29 is 16.4 Å². The van der Waals surface area contributed by atoms with E-state index in [0.29, 0.717) is 0 Å². The fourth-order valence-electron chi connectivity index (χ4n) is 0. The quantitative estimate of drug-likeness (QED) is 0.320. The van der Waals surface area contributed by atoms with Crippen molar-refractivity contribution in [2.45, 2.75) is 0 Å². The van der Waals surface area contributed by atoms with Crippen LogP contribution in [-0.4, -0.2) is 16.4 Å².